The van der Waals surface area contributed by atoms with Crippen molar-refractivity contribution in [1.82, 2.24) is 20.3 Å². The van der Waals surface area contributed by atoms with Gasteiger partial charge in [0.1, 0.15) is 5.82 Å². The summed E-state index contributed by atoms with van der Waals surface area (Å²) in [5, 5.41) is 11.2. The lowest BCUT2D eigenvalue weighted by Crippen LogP contribution is -2.19. The molecule has 1 heterocycles. The lowest BCUT2D eigenvalue weighted by Gasteiger charge is -2.15. The Kier molecular flexibility index (Phi) is 3.93. The monoisotopic (exact) mass is 268 g/mol. The summed E-state index contributed by atoms with van der Waals surface area (Å²) in [6, 6.07) is 4.76. The molecule has 1 atom stereocenters. The van der Waals surface area contributed by atoms with Crippen molar-refractivity contribution in [2.75, 3.05) is 7.05 Å². The van der Waals surface area contributed by atoms with Gasteiger partial charge in [0, 0.05) is 25.7 Å². The van der Waals surface area contributed by atoms with Crippen LogP contribution in [-0.2, 0) is 13.5 Å². The van der Waals surface area contributed by atoms with E-state index in [-0.39, 0.29) is 11.1 Å². The molecule has 2 rings (SSSR count). The first-order valence-electron chi connectivity index (χ1n) is 5.57. The molecule has 0 aliphatic carbocycles. The van der Waals surface area contributed by atoms with Crippen molar-refractivity contribution in [2.45, 2.75) is 12.5 Å². The van der Waals surface area contributed by atoms with Crippen LogP contribution in [0.5, 0.6) is 0 Å². The van der Waals surface area contributed by atoms with Gasteiger partial charge in [0.2, 0.25) is 0 Å². The van der Waals surface area contributed by atoms with Gasteiger partial charge in [-0.25, -0.2) is 4.39 Å². The molecule has 6 heteroatoms. The van der Waals surface area contributed by atoms with E-state index in [0.717, 1.165) is 11.3 Å². The van der Waals surface area contributed by atoms with Crippen LogP contribution >= 0.6 is 11.6 Å². The number of likely N-dealkylation sites (N-methyl/N-ethyl adjacent to an activating group) is 1. The van der Waals surface area contributed by atoms with Crippen molar-refractivity contribution in [3.8, 4) is 0 Å². The van der Waals surface area contributed by atoms with Gasteiger partial charge in [0.25, 0.3) is 0 Å². The minimum Gasteiger partial charge on any atom is -0.313 e. The predicted octanol–water partition coefficient (Wildman–Crippen LogP) is 2.11. The molecule has 1 unspecified atom stereocenters. The fourth-order valence-electron chi connectivity index (χ4n) is 1.81. The lowest BCUT2D eigenvalue weighted by atomic mass is 10.0. The summed E-state index contributed by atoms with van der Waals surface area (Å²) in [5.41, 5.74) is 1.80. The van der Waals surface area contributed by atoms with Crippen molar-refractivity contribution in [2.24, 2.45) is 7.05 Å². The lowest BCUT2D eigenvalue weighted by molar-refractivity contribution is 0.578. The Labute approximate surface area is 110 Å². The first kappa shape index (κ1) is 13.0. The maximum Gasteiger partial charge on any atom is 0.141 e. The molecule has 0 spiro atoms. The Hall–Kier alpha value is -1.46. The zero-order valence-corrected chi connectivity index (χ0v) is 10.9. The number of halogens is 2. The van der Waals surface area contributed by atoms with Crippen LogP contribution in [0.25, 0.3) is 0 Å². The molecule has 1 aromatic carbocycles. The number of aromatic nitrogens is 3. The van der Waals surface area contributed by atoms with Gasteiger partial charge in [0.15, 0.2) is 0 Å². The van der Waals surface area contributed by atoms with E-state index in [1.165, 1.54) is 6.07 Å². The summed E-state index contributed by atoms with van der Waals surface area (Å²) >= 11 is 5.79. The van der Waals surface area contributed by atoms with E-state index < -0.39 is 5.82 Å². The maximum atomic E-state index is 13.1. The molecular weight excluding hydrogens is 255 g/mol. The highest BCUT2D eigenvalue weighted by atomic mass is 35.5. The third-order valence-electron chi connectivity index (χ3n) is 2.76. The Balaban J connectivity index is 2.19. The molecule has 0 aliphatic rings. The quantitative estimate of drug-likeness (QED) is 0.924. The number of aryl methyl sites for hydroxylation is 1. The normalized spacial score (nSPS) is 12.7. The van der Waals surface area contributed by atoms with Crippen LogP contribution in [0.3, 0.4) is 0 Å². The van der Waals surface area contributed by atoms with E-state index in [9.17, 15) is 4.39 Å². The van der Waals surface area contributed by atoms with Crippen LogP contribution in [0.2, 0.25) is 5.02 Å². The fraction of sp³-hybridized carbons (Fsp3) is 0.333. The van der Waals surface area contributed by atoms with E-state index in [2.05, 4.69) is 15.6 Å². The summed E-state index contributed by atoms with van der Waals surface area (Å²) in [5.74, 6) is -0.408. The van der Waals surface area contributed by atoms with Gasteiger partial charge >= 0.3 is 0 Å². The standard InChI is InChI=1S/C12H14ClFN4/c1-15-12(6-9-7-18(2)17-16-9)8-3-4-11(14)10(13)5-8/h3-5,7,12,15H,6H2,1-2H3. The largest absolute Gasteiger partial charge is 0.313 e. The van der Waals surface area contributed by atoms with E-state index in [4.69, 9.17) is 11.6 Å². The number of rotatable bonds is 4. The van der Waals surface area contributed by atoms with E-state index in [0.29, 0.717) is 6.42 Å². The Morgan fingerprint density at radius 2 is 2.28 bits per heavy atom. The number of nitrogens with one attached hydrogen (secondary N) is 1. The predicted molar refractivity (Wildman–Crippen MR) is 67.9 cm³/mol. The molecule has 0 saturated heterocycles. The summed E-state index contributed by atoms with van der Waals surface area (Å²) in [7, 11) is 3.66. The molecule has 1 N–H and O–H groups in total. The Bertz CT molecular complexity index is 541. The minimum absolute atomic E-state index is 0.0276. The molecule has 4 nitrogen and oxygen atoms in total. The highest BCUT2D eigenvalue weighted by Crippen LogP contribution is 2.22. The van der Waals surface area contributed by atoms with Gasteiger partial charge in [-0.05, 0) is 24.7 Å². The third-order valence-corrected chi connectivity index (χ3v) is 3.05. The first-order valence-corrected chi connectivity index (χ1v) is 5.95. The molecule has 2 aromatic rings. The number of hydrogen-bond acceptors (Lipinski definition) is 3. The van der Waals surface area contributed by atoms with E-state index in [1.54, 1.807) is 16.8 Å². The van der Waals surface area contributed by atoms with Crippen molar-refractivity contribution in [1.29, 1.82) is 0 Å². The minimum atomic E-state index is -0.408. The number of nitrogens with zero attached hydrogens (tertiary/aromatic N) is 3. The topological polar surface area (TPSA) is 42.7 Å². The number of benzene rings is 1. The Morgan fingerprint density at radius 1 is 1.50 bits per heavy atom. The average molecular weight is 269 g/mol. The molecule has 0 radical (unpaired) electrons. The molecule has 0 aliphatic heterocycles. The van der Waals surface area contributed by atoms with Crippen LogP contribution in [0.4, 0.5) is 4.39 Å². The molecule has 0 bridgehead atoms. The van der Waals surface area contributed by atoms with E-state index in [1.807, 2.05) is 20.3 Å². The zero-order chi connectivity index (χ0) is 13.1. The summed E-state index contributed by atoms with van der Waals surface area (Å²) in [4.78, 5) is 0. The second kappa shape index (κ2) is 5.46. The van der Waals surface area contributed by atoms with Crippen LogP contribution in [0.1, 0.15) is 17.3 Å². The van der Waals surface area contributed by atoms with Gasteiger partial charge in [-0.2, -0.15) is 0 Å². The smallest absolute Gasteiger partial charge is 0.141 e. The van der Waals surface area contributed by atoms with Gasteiger partial charge in [-0.15, -0.1) is 5.10 Å². The molecule has 0 amide bonds. The molecule has 18 heavy (non-hydrogen) atoms. The highest BCUT2D eigenvalue weighted by molar-refractivity contribution is 6.30. The van der Waals surface area contributed by atoms with Gasteiger partial charge < -0.3 is 5.32 Å². The Morgan fingerprint density at radius 3 is 2.83 bits per heavy atom. The van der Waals surface area contributed by atoms with Crippen molar-refractivity contribution in [3.63, 3.8) is 0 Å². The number of hydrogen-bond donors (Lipinski definition) is 1. The van der Waals surface area contributed by atoms with Crippen molar-refractivity contribution in [3.05, 3.63) is 46.5 Å². The van der Waals surface area contributed by atoms with Crippen molar-refractivity contribution >= 4 is 11.6 Å². The molecule has 96 valence electrons. The van der Waals surface area contributed by atoms with Crippen molar-refractivity contribution < 1.29 is 4.39 Å². The second-order valence-electron chi connectivity index (χ2n) is 4.10. The fourth-order valence-corrected chi connectivity index (χ4v) is 2.00. The molecule has 0 fully saturated rings. The average Bonchev–Trinajstić information content (AvgIpc) is 2.75. The molecule has 0 saturated carbocycles. The zero-order valence-electron chi connectivity index (χ0n) is 10.2. The first-order chi connectivity index (χ1) is 8.60. The third kappa shape index (κ3) is 2.86. The highest BCUT2D eigenvalue weighted by Gasteiger charge is 2.13. The van der Waals surface area contributed by atoms with Gasteiger partial charge in [0.05, 0.1) is 10.7 Å². The SMILES string of the molecule is CNC(Cc1cn(C)nn1)c1ccc(F)c(Cl)c1. The summed E-state index contributed by atoms with van der Waals surface area (Å²) < 4.78 is 14.8. The summed E-state index contributed by atoms with van der Waals surface area (Å²) in [6.45, 7) is 0. The second-order valence-corrected chi connectivity index (χ2v) is 4.51. The molecule has 1 aromatic heterocycles. The van der Waals surface area contributed by atoms with E-state index >= 15 is 0 Å². The molecular formula is C12H14ClFN4. The summed E-state index contributed by atoms with van der Waals surface area (Å²) in [6.07, 6.45) is 2.53. The van der Waals surface area contributed by atoms with Gasteiger partial charge in [-0.1, -0.05) is 22.9 Å². The maximum absolute atomic E-state index is 13.1. The van der Waals surface area contributed by atoms with Gasteiger partial charge in [-0.3, -0.25) is 4.68 Å². The van der Waals surface area contributed by atoms with Crippen LogP contribution in [0.15, 0.2) is 24.4 Å². The van der Waals surface area contributed by atoms with Crippen LogP contribution < -0.4 is 5.32 Å². The van der Waals surface area contributed by atoms with Crippen LogP contribution in [-0.4, -0.2) is 22.0 Å². The van der Waals surface area contributed by atoms with Crippen LogP contribution in [0, 0.1) is 5.82 Å².